The van der Waals surface area contributed by atoms with Crippen molar-refractivity contribution in [3.05, 3.63) is 77.4 Å². The van der Waals surface area contributed by atoms with Gasteiger partial charge < -0.3 is 25.7 Å². The Morgan fingerprint density at radius 1 is 1.18 bits per heavy atom. The summed E-state index contributed by atoms with van der Waals surface area (Å²) in [6.45, 7) is 8.08. The van der Waals surface area contributed by atoms with Crippen molar-refractivity contribution in [2.24, 2.45) is 5.41 Å². The molecule has 1 aliphatic heterocycles. The summed E-state index contributed by atoms with van der Waals surface area (Å²) in [5, 5.41) is 26.5. The molecule has 210 valence electrons. The highest BCUT2D eigenvalue weighted by Crippen LogP contribution is 2.48. The van der Waals surface area contributed by atoms with Crippen LogP contribution in [0.2, 0.25) is 0 Å². The molecular formula is C29H35F2N3O5. The number of phenols is 1. The molecule has 0 spiro atoms. The van der Waals surface area contributed by atoms with Gasteiger partial charge in [-0.15, -0.1) is 6.58 Å². The van der Waals surface area contributed by atoms with Crippen molar-refractivity contribution in [3.8, 4) is 5.75 Å². The lowest BCUT2D eigenvalue weighted by atomic mass is 9.81. The number of nitrogens with one attached hydrogen (secondary N) is 2. The summed E-state index contributed by atoms with van der Waals surface area (Å²) in [7, 11) is 0. The van der Waals surface area contributed by atoms with Gasteiger partial charge in [-0.1, -0.05) is 50.3 Å². The number of nitrogens with zero attached hydrogens (tertiary/aromatic N) is 1. The molecule has 0 bridgehead atoms. The summed E-state index contributed by atoms with van der Waals surface area (Å²) in [5.41, 5.74) is -0.194. The maximum absolute atomic E-state index is 15.1. The van der Waals surface area contributed by atoms with Gasteiger partial charge in [0, 0.05) is 17.7 Å². The second-order valence-corrected chi connectivity index (χ2v) is 10.5. The molecule has 1 fully saturated rings. The van der Waals surface area contributed by atoms with Crippen molar-refractivity contribution >= 4 is 17.7 Å². The van der Waals surface area contributed by atoms with Gasteiger partial charge in [0.15, 0.2) is 6.10 Å². The summed E-state index contributed by atoms with van der Waals surface area (Å²) in [6.07, 6.45) is -0.570. The van der Waals surface area contributed by atoms with Gasteiger partial charge in [-0.3, -0.25) is 14.4 Å². The number of carbonyl (C=O) groups excluding carboxylic acids is 3. The predicted octanol–water partition coefficient (Wildman–Crippen LogP) is 2.89. The van der Waals surface area contributed by atoms with E-state index in [1.165, 1.54) is 26.0 Å². The van der Waals surface area contributed by atoms with Crippen molar-refractivity contribution < 1.29 is 33.4 Å². The first-order valence-electron chi connectivity index (χ1n) is 12.6. The number of amides is 3. The molecule has 0 aromatic heterocycles. The summed E-state index contributed by atoms with van der Waals surface area (Å²) in [4.78, 5) is 40.4. The molecular weight excluding hydrogens is 508 g/mol. The monoisotopic (exact) mass is 543 g/mol. The van der Waals surface area contributed by atoms with E-state index in [0.717, 1.165) is 0 Å². The predicted molar refractivity (Wildman–Crippen MR) is 142 cm³/mol. The average molecular weight is 544 g/mol. The number of likely N-dealkylation sites (tertiary alicyclic amines) is 1. The molecule has 39 heavy (non-hydrogen) atoms. The number of rotatable bonds is 9. The summed E-state index contributed by atoms with van der Waals surface area (Å²) >= 11 is 0. The van der Waals surface area contributed by atoms with Crippen LogP contribution in [0.4, 0.5) is 8.78 Å². The van der Waals surface area contributed by atoms with Crippen LogP contribution < -0.4 is 10.6 Å². The van der Waals surface area contributed by atoms with Crippen LogP contribution in [0.1, 0.15) is 40.9 Å². The van der Waals surface area contributed by atoms with E-state index in [1.807, 2.05) is 0 Å². The van der Waals surface area contributed by atoms with E-state index < -0.39 is 53.8 Å². The standard InChI is InChI=1S/C29H35F2N3O5/c1-6-12-32-26(38)24-28(4,5)29(30,31)16-34(24)27(39)23(36)21(15-19-10-8-7-9-11-19)33-25(37)20-13-17(2)14-22(35)18(20)3/h6-11,13-14,21,23-24,35-36H,1,12,15-16H2,2-5H3,(H,32,38)(H,33,37)/t21-,23-,24+/m0/s1. The first kappa shape index (κ1) is 29.8. The normalized spacial score (nSPS) is 19.2. The Bertz CT molecular complexity index is 1250. The smallest absolute Gasteiger partial charge is 0.272 e. The number of aliphatic hydroxyl groups excluding tert-OH is 1. The van der Waals surface area contributed by atoms with Gasteiger partial charge in [-0.05, 0) is 43.5 Å². The highest BCUT2D eigenvalue weighted by atomic mass is 19.3. The van der Waals surface area contributed by atoms with Crippen LogP contribution in [0.3, 0.4) is 0 Å². The number of carbonyl (C=O) groups is 3. The fraction of sp³-hybridized carbons (Fsp3) is 0.414. The quantitative estimate of drug-likeness (QED) is 0.363. The molecule has 8 nitrogen and oxygen atoms in total. The van der Waals surface area contributed by atoms with E-state index in [1.54, 1.807) is 50.2 Å². The second kappa shape index (κ2) is 11.5. The van der Waals surface area contributed by atoms with Gasteiger partial charge in [-0.25, -0.2) is 8.78 Å². The maximum Gasteiger partial charge on any atom is 0.272 e. The van der Waals surface area contributed by atoms with Gasteiger partial charge in [0.25, 0.3) is 17.7 Å². The molecule has 0 unspecified atom stereocenters. The minimum atomic E-state index is -3.42. The van der Waals surface area contributed by atoms with Crippen LogP contribution >= 0.6 is 0 Å². The highest BCUT2D eigenvalue weighted by molar-refractivity contribution is 5.97. The second-order valence-electron chi connectivity index (χ2n) is 10.5. The van der Waals surface area contributed by atoms with E-state index in [4.69, 9.17) is 0 Å². The molecule has 3 amide bonds. The molecule has 1 heterocycles. The number of halogens is 2. The number of aliphatic hydroxyl groups is 1. The third kappa shape index (κ3) is 6.11. The Kier molecular flexibility index (Phi) is 8.80. The minimum absolute atomic E-state index is 0.00269. The van der Waals surface area contributed by atoms with Crippen LogP contribution in [0.15, 0.2) is 55.1 Å². The lowest BCUT2D eigenvalue weighted by Crippen LogP contribution is -2.57. The van der Waals surface area contributed by atoms with Gasteiger partial charge in [0.2, 0.25) is 5.91 Å². The number of alkyl halides is 2. The van der Waals surface area contributed by atoms with Gasteiger partial charge in [0.1, 0.15) is 11.8 Å². The molecule has 3 atom stereocenters. The zero-order valence-electron chi connectivity index (χ0n) is 22.5. The van der Waals surface area contributed by atoms with Crippen LogP contribution in [-0.4, -0.2) is 70.0 Å². The number of aromatic hydroxyl groups is 1. The van der Waals surface area contributed by atoms with E-state index in [0.29, 0.717) is 21.6 Å². The Hall–Kier alpha value is -3.79. The van der Waals surface area contributed by atoms with Gasteiger partial charge in [-0.2, -0.15) is 0 Å². The van der Waals surface area contributed by atoms with Crippen molar-refractivity contribution in [2.75, 3.05) is 13.1 Å². The molecule has 1 aliphatic rings. The lowest BCUT2D eigenvalue weighted by Gasteiger charge is -2.34. The number of benzene rings is 2. The largest absolute Gasteiger partial charge is 0.508 e. The van der Waals surface area contributed by atoms with Gasteiger partial charge >= 0.3 is 0 Å². The molecule has 3 rings (SSSR count). The molecule has 10 heteroatoms. The minimum Gasteiger partial charge on any atom is -0.508 e. The van der Waals surface area contributed by atoms with Crippen molar-refractivity contribution in [1.29, 1.82) is 0 Å². The van der Waals surface area contributed by atoms with Crippen LogP contribution in [-0.2, 0) is 16.0 Å². The zero-order chi connectivity index (χ0) is 29.1. The fourth-order valence-electron chi connectivity index (χ4n) is 4.82. The Morgan fingerprint density at radius 3 is 2.44 bits per heavy atom. The zero-order valence-corrected chi connectivity index (χ0v) is 22.5. The van der Waals surface area contributed by atoms with E-state index in [-0.39, 0.29) is 24.3 Å². The van der Waals surface area contributed by atoms with Crippen LogP contribution in [0, 0.1) is 19.3 Å². The van der Waals surface area contributed by atoms with E-state index in [2.05, 4.69) is 17.2 Å². The topological polar surface area (TPSA) is 119 Å². The van der Waals surface area contributed by atoms with E-state index in [9.17, 15) is 24.6 Å². The summed E-state index contributed by atoms with van der Waals surface area (Å²) < 4.78 is 30.1. The Balaban J connectivity index is 1.96. The molecule has 0 radical (unpaired) electrons. The molecule has 2 aromatic rings. The molecule has 0 saturated carbocycles. The molecule has 0 aliphatic carbocycles. The first-order chi connectivity index (χ1) is 18.2. The van der Waals surface area contributed by atoms with Crippen molar-refractivity contribution in [1.82, 2.24) is 15.5 Å². The average Bonchev–Trinajstić information content (AvgIpc) is 3.07. The third-order valence-corrected chi connectivity index (χ3v) is 7.28. The highest BCUT2D eigenvalue weighted by Gasteiger charge is 2.64. The van der Waals surface area contributed by atoms with Crippen molar-refractivity contribution in [2.45, 2.75) is 58.2 Å². The first-order valence-corrected chi connectivity index (χ1v) is 12.6. The maximum atomic E-state index is 15.1. The van der Waals surface area contributed by atoms with Crippen LogP contribution in [0.25, 0.3) is 0 Å². The van der Waals surface area contributed by atoms with Crippen LogP contribution in [0.5, 0.6) is 5.75 Å². The number of hydrogen-bond acceptors (Lipinski definition) is 5. The summed E-state index contributed by atoms with van der Waals surface area (Å²) in [6, 6.07) is 8.99. The van der Waals surface area contributed by atoms with Crippen molar-refractivity contribution in [3.63, 3.8) is 0 Å². The SMILES string of the molecule is C=CCNC(=O)[C@H]1N(C(=O)[C@@H](O)[C@H](Cc2ccccc2)NC(=O)c2cc(C)cc(O)c2C)CC(F)(F)C1(C)C. The lowest BCUT2D eigenvalue weighted by molar-refractivity contribution is -0.148. The molecule has 2 aromatic carbocycles. The Labute approximate surface area is 226 Å². The fourth-order valence-corrected chi connectivity index (χ4v) is 4.82. The number of hydrogen-bond donors (Lipinski definition) is 4. The molecule has 1 saturated heterocycles. The number of aryl methyl sites for hydroxylation is 1. The van der Waals surface area contributed by atoms with Gasteiger partial charge in [0.05, 0.1) is 18.0 Å². The molecule has 4 N–H and O–H groups in total. The van der Waals surface area contributed by atoms with E-state index >= 15 is 8.78 Å². The summed E-state index contributed by atoms with van der Waals surface area (Å²) in [5.74, 6) is -6.08. The Morgan fingerprint density at radius 2 is 1.82 bits per heavy atom. The number of phenolic OH excluding ortho intramolecular Hbond substituents is 1. The third-order valence-electron chi connectivity index (χ3n) is 7.28.